The standard InChI is InChI=1S/C16H14N2O2/c1-10-5-3-6-11(2)14(10)16-17-15(18-20-16)12-7-4-8-13(19)9-12/h3-9,19H,1-2H3. The minimum absolute atomic E-state index is 0.181. The molecule has 20 heavy (non-hydrogen) atoms. The van der Waals surface area contributed by atoms with Crippen LogP contribution >= 0.6 is 0 Å². The maximum absolute atomic E-state index is 9.50. The summed E-state index contributed by atoms with van der Waals surface area (Å²) in [5, 5.41) is 13.5. The summed E-state index contributed by atoms with van der Waals surface area (Å²) in [6, 6.07) is 12.8. The lowest BCUT2D eigenvalue weighted by Gasteiger charge is -2.03. The number of hydrogen-bond acceptors (Lipinski definition) is 4. The second-order valence-electron chi connectivity index (χ2n) is 4.74. The highest BCUT2D eigenvalue weighted by Gasteiger charge is 2.14. The third kappa shape index (κ3) is 2.16. The first-order valence-electron chi connectivity index (χ1n) is 6.35. The Morgan fingerprint density at radius 2 is 1.70 bits per heavy atom. The molecule has 0 radical (unpaired) electrons. The monoisotopic (exact) mass is 266 g/mol. The van der Waals surface area contributed by atoms with Crippen LogP contribution in [-0.4, -0.2) is 15.2 Å². The molecule has 0 aliphatic carbocycles. The zero-order chi connectivity index (χ0) is 14.1. The van der Waals surface area contributed by atoms with Crippen molar-refractivity contribution in [3.05, 3.63) is 53.6 Å². The number of aromatic hydroxyl groups is 1. The van der Waals surface area contributed by atoms with Gasteiger partial charge in [0.05, 0.1) is 0 Å². The van der Waals surface area contributed by atoms with E-state index in [4.69, 9.17) is 4.52 Å². The van der Waals surface area contributed by atoms with E-state index in [-0.39, 0.29) is 5.75 Å². The summed E-state index contributed by atoms with van der Waals surface area (Å²) in [5.74, 6) is 1.15. The molecule has 3 aromatic rings. The van der Waals surface area contributed by atoms with Crippen LogP contribution in [0, 0.1) is 13.8 Å². The fourth-order valence-corrected chi connectivity index (χ4v) is 2.24. The Balaban J connectivity index is 2.07. The quantitative estimate of drug-likeness (QED) is 0.767. The minimum atomic E-state index is 0.181. The summed E-state index contributed by atoms with van der Waals surface area (Å²) in [6.45, 7) is 4.03. The SMILES string of the molecule is Cc1cccc(C)c1-c1nc(-c2cccc(O)c2)no1. The molecular weight excluding hydrogens is 252 g/mol. The van der Waals surface area contributed by atoms with Gasteiger partial charge in [-0.05, 0) is 37.1 Å². The number of aryl methyl sites for hydroxylation is 2. The lowest BCUT2D eigenvalue weighted by atomic mass is 10.0. The van der Waals surface area contributed by atoms with Crippen LogP contribution in [0.15, 0.2) is 47.0 Å². The van der Waals surface area contributed by atoms with Gasteiger partial charge in [-0.1, -0.05) is 35.5 Å². The lowest BCUT2D eigenvalue weighted by molar-refractivity contribution is 0.432. The van der Waals surface area contributed by atoms with E-state index >= 15 is 0 Å². The van der Waals surface area contributed by atoms with Crippen LogP contribution in [-0.2, 0) is 0 Å². The Bertz CT molecular complexity index is 742. The molecule has 1 aromatic heterocycles. The Kier molecular flexibility index (Phi) is 2.99. The summed E-state index contributed by atoms with van der Waals surface area (Å²) >= 11 is 0. The van der Waals surface area contributed by atoms with Crippen molar-refractivity contribution in [3.63, 3.8) is 0 Å². The van der Waals surface area contributed by atoms with Crippen molar-refractivity contribution >= 4 is 0 Å². The van der Waals surface area contributed by atoms with Crippen LogP contribution in [0.1, 0.15) is 11.1 Å². The van der Waals surface area contributed by atoms with Gasteiger partial charge in [0.15, 0.2) is 0 Å². The third-order valence-electron chi connectivity index (χ3n) is 3.23. The first kappa shape index (κ1) is 12.4. The van der Waals surface area contributed by atoms with Gasteiger partial charge in [0.25, 0.3) is 5.89 Å². The predicted octanol–water partition coefficient (Wildman–Crippen LogP) is 3.73. The van der Waals surface area contributed by atoms with Crippen LogP contribution in [0.3, 0.4) is 0 Å². The Morgan fingerprint density at radius 3 is 2.40 bits per heavy atom. The molecule has 4 nitrogen and oxygen atoms in total. The molecule has 0 unspecified atom stereocenters. The minimum Gasteiger partial charge on any atom is -0.508 e. The van der Waals surface area contributed by atoms with E-state index < -0.39 is 0 Å². The van der Waals surface area contributed by atoms with E-state index in [0.29, 0.717) is 11.7 Å². The van der Waals surface area contributed by atoms with E-state index in [1.54, 1.807) is 18.2 Å². The number of nitrogens with zero attached hydrogens (tertiary/aromatic N) is 2. The molecule has 0 saturated carbocycles. The van der Waals surface area contributed by atoms with E-state index in [0.717, 1.165) is 22.3 Å². The summed E-state index contributed by atoms with van der Waals surface area (Å²) in [7, 11) is 0. The largest absolute Gasteiger partial charge is 0.508 e. The Labute approximate surface area is 116 Å². The molecule has 1 heterocycles. The van der Waals surface area contributed by atoms with Crippen LogP contribution in [0.2, 0.25) is 0 Å². The van der Waals surface area contributed by atoms with Gasteiger partial charge in [0, 0.05) is 11.1 Å². The molecule has 2 aromatic carbocycles. The van der Waals surface area contributed by atoms with Gasteiger partial charge in [-0.3, -0.25) is 0 Å². The normalized spacial score (nSPS) is 10.7. The second kappa shape index (κ2) is 4.81. The highest BCUT2D eigenvalue weighted by molar-refractivity contribution is 5.65. The second-order valence-corrected chi connectivity index (χ2v) is 4.74. The molecule has 0 aliphatic heterocycles. The topological polar surface area (TPSA) is 59.2 Å². The number of phenolic OH excluding ortho intramolecular Hbond substituents is 1. The van der Waals surface area contributed by atoms with E-state index in [9.17, 15) is 5.11 Å². The van der Waals surface area contributed by atoms with Crippen molar-refractivity contribution in [2.45, 2.75) is 13.8 Å². The van der Waals surface area contributed by atoms with Crippen molar-refractivity contribution in [3.8, 4) is 28.6 Å². The predicted molar refractivity (Wildman–Crippen MR) is 76.3 cm³/mol. The molecule has 0 aliphatic rings. The van der Waals surface area contributed by atoms with E-state index in [1.165, 1.54) is 0 Å². The number of benzene rings is 2. The summed E-state index contributed by atoms with van der Waals surface area (Å²) in [4.78, 5) is 4.42. The fraction of sp³-hybridized carbons (Fsp3) is 0.125. The molecule has 4 heteroatoms. The van der Waals surface area contributed by atoms with Gasteiger partial charge < -0.3 is 9.63 Å². The fourth-order valence-electron chi connectivity index (χ4n) is 2.24. The van der Waals surface area contributed by atoms with Crippen molar-refractivity contribution in [1.29, 1.82) is 0 Å². The van der Waals surface area contributed by atoms with Gasteiger partial charge in [0.1, 0.15) is 5.75 Å². The smallest absolute Gasteiger partial charge is 0.258 e. The maximum Gasteiger partial charge on any atom is 0.258 e. The van der Waals surface area contributed by atoms with Crippen LogP contribution in [0.4, 0.5) is 0 Å². The number of aromatic nitrogens is 2. The Hall–Kier alpha value is -2.62. The number of hydrogen-bond donors (Lipinski definition) is 1. The molecule has 0 saturated heterocycles. The number of rotatable bonds is 2. The summed E-state index contributed by atoms with van der Waals surface area (Å²) < 4.78 is 5.36. The van der Waals surface area contributed by atoms with Crippen LogP contribution in [0.5, 0.6) is 5.75 Å². The molecule has 0 fully saturated rings. The molecule has 0 amide bonds. The van der Waals surface area contributed by atoms with Gasteiger partial charge >= 0.3 is 0 Å². The molecule has 1 N–H and O–H groups in total. The molecule has 3 rings (SSSR count). The lowest BCUT2D eigenvalue weighted by Crippen LogP contribution is -1.88. The van der Waals surface area contributed by atoms with Crippen LogP contribution < -0.4 is 0 Å². The zero-order valence-corrected chi connectivity index (χ0v) is 11.3. The number of phenols is 1. The van der Waals surface area contributed by atoms with Crippen molar-refractivity contribution in [1.82, 2.24) is 10.1 Å². The summed E-state index contributed by atoms with van der Waals surface area (Å²) in [5.41, 5.74) is 3.88. The van der Waals surface area contributed by atoms with Gasteiger partial charge in [-0.25, -0.2) is 0 Å². The highest BCUT2D eigenvalue weighted by atomic mass is 16.5. The molecule has 0 bridgehead atoms. The van der Waals surface area contributed by atoms with Crippen molar-refractivity contribution in [2.75, 3.05) is 0 Å². The Morgan fingerprint density at radius 1 is 1.00 bits per heavy atom. The summed E-state index contributed by atoms with van der Waals surface area (Å²) in [6.07, 6.45) is 0. The van der Waals surface area contributed by atoms with Gasteiger partial charge in [-0.15, -0.1) is 0 Å². The van der Waals surface area contributed by atoms with Gasteiger partial charge in [0.2, 0.25) is 5.82 Å². The maximum atomic E-state index is 9.50. The first-order chi connectivity index (χ1) is 9.65. The molecule has 100 valence electrons. The molecular formula is C16H14N2O2. The van der Waals surface area contributed by atoms with Gasteiger partial charge in [-0.2, -0.15) is 4.98 Å². The first-order valence-corrected chi connectivity index (χ1v) is 6.35. The third-order valence-corrected chi connectivity index (χ3v) is 3.23. The molecule has 0 atom stereocenters. The average molecular weight is 266 g/mol. The zero-order valence-electron chi connectivity index (χ0n) is 11.3. The van der Waals surface area contributed by atoms with Crippen molar-refractivity contribution in [2.24, 2.45) is 0 Å². The average Bonchev–Trinajstić information content (AvgIpc) is 2.88. The van der Waals surface area contributed by atoms with Crippen LogP contribution in [0.25, 0.3) is 22.8 Å². The van der Waals surface area contributed by atoms with E-state index in [2.05, 4.69) is 10.1 Å². The molecule has 0 spiro atoms. The van der Waals surface area contributed by atoms with E-state index in [1.807, 2.05) is 38.1 Å². The van der Waals surface area contributed by atoms with Crippen molar-refractivity contribution < 1.29 is 9.63 Å². The highest BCUT2D eigenvalue weighted by Crippen LogP contribution is 2.28.